The molecule has 0 bridgehead atoms. The van der Waals surface area contributed by atoms with Crippen LogP contribution < -0.4 is 4.74 Å². The van der Waals surface area contributed by atoms with E-state index in [4.69, 9.17) is 9.47 Å². The van der Waals surface area contributed by atoms with Crippen molar-refractivity contribution in [2.75, 3.05) is 6.61 Å². The highest BCUT2D eigenvalue weighted by Crippen LogP contribution is 2.25. The molecule has 0 aliphatic carbocycles. The number of aromatic nitrogens is 6. The standard InChI is InChI=1S/C25H22N6O4/c1-2-34-24(33)19-12-27-31(14-19)25-28-22-21(23(29-25)35-15-18-6-4-3-5-7-18)30(16-26-22)13-17-8-10-20(32)11-9-17/h3-12,14,16,32H,2,13,15H2,1H3. The number of hydrogen-bond acceptors (Lipinski definition) is 8. The Morgan fingerprint density at radius 2 is 1.83 bits per heavy atom. The summed E-state index contributed by atoms with van der Waals surface area (Å²) >= 11 is 0. The van der Waals surface area contributed by atoms with Crippen LogP contribution in [0.2, 0.25) is 0 Å². The first-order valence-electron chi connectivity index (χ1n) is 11.0. The molecule has 10 heteroatoms. The number of esters is 1. The summed E-state index contributed by atoms with van der Waals surface area (Å²) in [4.78, 5) is 25.7. The van der Waals surface area contributed by atoms with E-state index in [1.807, 2.05) is 47.0 Å². The fraction of sp³-hybridized carbons (Fsp3) is 0.160. The van der Waals surface area contributed by atoms with Crippen molar-refractivity contribution in [3.63, 3.8) is 0 Å². The third-order valence-corrected chi connectivity index (χ3v) is 5.23. The number of fused-ring (bicyclic) bond motifs is 1. The predicted octanol–water partition coefficient (Wildman–Crippen LogP) is 3.52. The van der Waals surface area contributed by atoms with Crippen LogP contribution in [0.3, 0.4) is 0 Å². The summed E-state index contributed by atoms with van der Waals surface area (Å²) in [6, 6.07) is 16.7. The summed E-state index contributed by atoms with van der Waals surface area (Å²) in [5, 5.41) is 13.8. The number of phenols is 1. The van der Waals surface area contributed by atoms with E-state index in [1.54, 1.807) is 25.4 Å². The van der Waals surface area contributed by atoms with Crippen LogP contribution in [-0.2, 0) is 17.9 Å². The smallest absolute Gasteiger partial charge is 0.341 e. The normalized spacial score (nSPS) is 11.0. The summed E-state index contributed by atoms with van der Waals surface area (Å²) in [5.41, 5.74) is 3.28. The second kappa shape index (κ2) is 9.64. The minimum absolute atomic E-state index is 0.200. The molecule has 10 nitrogen and oxygen atoms in total. The fourth-order valence-corrected chi connectivity index (χ4v) is 3.53. The molecule has 0 unspecified atom stereocenters. The molecule has 5 aromatic rings. The van der Waals surface area contributed by atoms with Gasteiger partial charge in [0.25, 0.3) is 5.95 Å². The van der Waals surface area contributed by atoms with Crippen LogP contribution >= 0.6 is 0 Å². The summed E-state index contributed by atoms with van der Waals surface area (Å²) in [5.74, 6) is 0.272. The molecule has 2 aromatic carbocycles. The maximum atomic E-state index is 12.1. The van der Waals surface area contributed by atoms with Gasteiger partial charge in [0.1, 0.15) is 12.4 Å². The number of imidazole rings is 1. The van der Waals surface area contributed by atoms with Gasteiger partial charge >= 0.3 is 5.97 Å². The first kappa shape index (κ1) is 22.1. The van der Waals surface area contributed by atoms with E-state index in [0.29, 0.717) is 35.8 Å². The zero-order chi connectivity index (χ0) is 24.2. The molecule has 35 heavy (non-hydrogen) atoms. The van der Waals surface area contributed by atoms with Crippen LogP contribution in [-0.4, -0.2) is 47.0 Å². The third kappa shape index (κ3) is 4.81. The van der Waals surface area contributed by atoms with Crippen LogP contribution in [0.15, 0.2) is 73.3 Å². The lowest BCUT2D eigenvalue weighted by Crippen LogP contribution is -2.08. The minimum atomic E-state index is -0.474. The summed E-state index contributed by atoms with van der Waals surface area (Å²) in [7, 11) is 0. The van der Waals surface area contributed by atoms with Crippen molar-refractivity contribution >= 4 is 17.1 Å². The van der Waals surface area contributed by atoms with Gasteiger partial charge in [-0.3, -0.25) is 0 Å². The summed E-state index contributed by atoms with van der Waals surface area (Å²) < 4.78 is 14.4. The zero-order valence-electron chi connectivity index (χ0n) is 18.9. The Morgan fingerprint density at radius 3 is 2.60 bits per heavy atom. The maximum absolute atomic E-state index is 12.1. The van der Waals surface area contributed by atoms with E-state index >= 15 is 0 Å². The lowest BCUT2D eigenvalue weighted by molar-refractivity contribution is 0.0526. The van der Waals surface area contributed by atoms with E-state index in [0.717, 1.165) is 11.1 Å². The molecular weight excluding hydrogens is 448 g/mol. The Kier molecular flexibility index (Phi) is 6.08. The van der Waals surface area contributed by atoms with Crippen molar-refractivity contribution in [2.24, 2.45) is 0 Å². The van der Waals surface area contributed by atoms with Crippen molar-refractivity contribution in [3.8, 4) is 17.6 Å². The number of benzene rings is 2. The van der Waals surface area contributed by atoms with E-state index in [-0.39, 0.29) is 18.3 Å². The van der Waals surface area contributed by atoms with E-state index in [9.17, 15) is 9.90 Å². The van der Waals surface area contributed by atoms with Crippen molar-refractivity contribution in [3.05, 3.63) is 90.0 Å². The first-order chi connectivity index (χ1) is 17.1. The molecule has 1 N–H and O–H groups in total. The average molecular weight is 470 g/mol. The monoisotopic (exact) mass is 470 g/mol. The average Bonchev–Trinajstić information content (AvgIpc) is 3.53. The van der Waals surface area contributed by atoms with E-state index < -0.39 is 5.97 Å². The quantitative estimate of drug-likeness (QED) is 0.342. The van der Waals surface area contributed by atoms with E-state index in [1.165, 1.54) is 17.1 Å². The molecular formula is C25H22N6O4. The van der Waals surface area contributed by atoms with Crippen molar-refractivity contribution in [1.29, 1.82) is 0 Å². The molecule has 3 aromatic heterocycles. The third-order valence-electron chi connectivity index (χ3n) is 5.23. The molecule has 0 saturated heterocycles. The lowest BCUT2D eigenvalue weighted by Gasteiger charge is -2.11. The Morgan fingerprint density at radius 1 is 1.03 bits per heavy atom. The van der Waals surface area contributed by atoms with Gasteiger partial charge in [0, 0.05) is 12.7 Å². The SMILES string of the molecule is CCOC(=O)c1cnn(-c2nc(OCc3ccccc3)c3c(ncn3Cc3ccc(O)cc3)n2)c1. The summed E-state index contributed by atoms with van der Waals surface area (Å²) in [6.45, 7) is 2.78. The highest BCUT2D eigenvalue weighted by Gasteiger charge is 2.18. The number of carbonyl (C=O) groups is 1. The van der Waals surface area contributed by atoms with E-state index in [2.05, 4.69) is 20.1 Å². The highest BCUT2D eigenvalue weighted by atomic mass is 16.5. The maximum Gasteiger partial charge on any atom is 0.341 e. The number of carbonyl (C=O) groups excluding carboxylic acids is 1. The fourth-order valence-electron chi connectivity index (χ4n) is 3.53. The number of phenolic OH excluding ortho intramolecular Hbond substituents is 1. The Labute approximate surface area is 200 Å². The Bertz CT molecular complexity index is 1460. The molecule has 3 heterocycles. The van der Waals surface area contributed by atoms with Crippen LogP contribution in [0.25, 0.3) is 17.1 Å². The Balaban J connectivity index is 1.53. The number of ether oxygens (including phenoxy) is 2. The molecule has 5 rings (SSSR count). The van der Waals surface area contributed by atoms with Crippen LogP contribution in [0.1, 0.15) is 28.4 Å². The molecule has 0 fully saturated rings. The van der Waals surface area contributed by atoms with Gasteiger partial charge in [-0.2, -0.15) is 15.1 Å². The van der Waals surface area contributed by atoms with Gasteiger partial charge in [-0.25, -0.2) is 14.5 Å². The molecule has 0 saturated carbocycles. The van der Waals surface area contributed by atoms with Gasteiger partial charge in [0.15, 0.2) is 11.2 Å². The molecule has 0 aliphatic rings. The minimum Gasteiger partial charge on any atom is -0.508 e. The van der Waals surface area contributed by atoms with Crippen molar-refractivity contribution < 1.29 is 19.4 Å². The molecule has 0 radical (unpaired) electrons. The van der Waals surface area contributed by atoms with Gasteiger partial charge in [0.05, 0.1) is 24.7 Å². The van der Waals surface area contributed by atoms with Crippen LogP contribution in [0.5, 0.6) is 11.6 Å². The molecule has 0 amide bonds. The molecule has 0 spiro atoms. The number of hydrogen-bond donors (Lipinski definition) is 1. The van der Waals surface area contributed by atoms with Crippen LogP contribution in [0, 0.1) is 0 Å². The lowest BCUT2D eigenvalue weighted by atomic mass is 10.2. The largest absolute Gasteiger partial charge is 0.508 e. The van der Waals surface area contributed by atoms with Crippen molar-refractivity contribution in [2.45, 2.75) is 20.1 Å². The van der Waals surface area contributed by atoms with Gasteiger partial charge in [-0.1, -0.05) is 42.5 Å². The molecule has 0 aliphatic heterocycles. The predicted molar refractivity (Wildman–Crippen MR) is 126 cm³/mol. The number of nitrogens with zero attached hydrogens (tertiary/aromatic N) is 6. The van der Waals surface area contributed by atoms with Crippen LogP contribution in [0.4, 0.5) is 0 Å². The summed E-state index contributed by atoms with van der Waals surface area (Å²) in [6.07, 6.45) is 4.57. The zero-order valence-corrected chi connectivity index (χ0v) is 18.9. The van der Waals surface area contributed by atoms with Gasteiger partial charge in [0.2, 0.25) is 5.88 Å². The number of rotatable bonds is 8. The number of aromatic hydroxyl groups is 1. The molecule has 176 valence electrons. The van der Waals surface area contributed by atoms with Gasteiger partial charge < -0.3 is 19.1 Å². The topological polar surface area (TPSA) is 117 Å². The Hall–Kier alpha value is -4.73. The van der Waals surface area contributed by atoms with Gasteiger partial charge in [-0.05, 0) is 30.2 Å². The second-order valence-corrected chi connectivity index (χ2v) is 7.71. The first-order valence-corrected chi connectivity index (χ1v) is 11.0. The van der Waals surface area contributed by atoms with Gasteiger partial charge in [-0.15, -0.1) is 0 Å². The molecule has 0 atom stereocenters. The van der Waals surface area contributed by atoms with Crippen molar-refractivity contribution in [1.82, 2.24) is 29.3 Å². The second-order valence-electron chi connectivity index (χ2n) is 7.71. The highest BCUT2D eigenvalue weighted by molar-refractivity contribution is 5.88.